The van der Waals surface area contributed by atoms with Crippen LogP contribution in [-0.2, 0) is 6.18 Å². The van der Waals surface area contributed by atoms with Crippen molar-refractivity contribution in [3.05, 3.63) is 53.1 Å². The fourth-order valence-electron chi connectivity index (χ4n) is 1.90. The molecule has 24 heavy (non-hydrogen) atoms. The SMILES string of the molecule is Cc1ncc(C(=O)NCCNC(=O)c2ccc(C(F)(F)F)cc2)[nH]1. The lowest BCUT2D eigenvalue weighted by Crippen LogP contribution is -2.34. The molecule has 0 aliphatic heterocycles. The van der Waals surface area contributed by atoms with Crippen molar-refractivity contribution in [2.24, 2.45) is 0 Å². The van der Waals surface area contributed by atoms with Crippen LogP contribution in [0.5, 0.6) is 0 Å². The smallest absolute Gasteiger partial charge is 0.350 e. The number of aromatic nitrogens is 2. The number of rotatable bonds is 5. The van der Waals surface area contributed by atoms with Gasteiger partial charge in [-0.1, -0.05) is 0 Å². The Morgan fingerprint density at radius 2 is 1.67 bits per heavy atom. The van der Waals surface area contributed by atoms with Gasteiger partial charge in [0.2, 0.25) is 0 Å². The summed E-state index contributed by atoms with van der Waals surface area (Å²) in [7, 11) is 0. The van der Waals surface area contributed by atoms with Gasteiger partial charge in [0.25, 0.3) is 11.8 Å². The van der Waals surface area contributed by atoms with Crippen LogP contribution in [0.2, 0.25) is 0 Å². The van der Waals surface area contributed by atoms with Gasteiger partial charge in [-0.2, -0.15) is 13.2 Å². The number of nitrogens with zero attached hydrogens (tertiary/aromatic N) is 1. The quantitative estimate of drug-likeness (QED) is 0.727. The minimum absolute atomic E-state index is 0.110. The number of carbonyl (C=O) groups excluding carboxylic acids is 2. The first-order valence-electron chi connectivity index (χ1n) is 7.02. The molecule has 1 aromatic heterocycles. The summed E-state index contributed by atoms with van der Waals surface area (Å²) in [5.74, 6) is -0.273. The lowest BCUT2D eigenvalue weighted by molar-refractivity contribution is -0.137. The number of amides is 2. The molecule has 0 saturated carbocycles. The summed E-state index contributed by atoms with van der Waals surface area (Å²) < 4.78 is 37.3. The number of H-pyrrole nitrogens is 1. The van der Waals surface area contributed by atoms with Crippen LogP contribution < -0.4 is 10.6 Å². The van der Waals surface area contributed by atoms with Gasteiger partial charge in [-0.15, -0.1) is 0 Å². The van der Waals surface area contributed by atoms with Crippen LogP contribution in [0.25, 0.3) is 0 Å². The summed E-state index contributed by atoms with van der Waals surface area (Å²) in [6.45, 7) is 2.02. The minimum atomic E-state index is -4.44. The van der Waals surface area contributed by atoms with Gasteiger partial charge in [0, 0.05) is 18.7 Å². The molecule has 3 N–H and O–H groups in total. The molecular formula is C15H15F3N4O2. The van der Waals surface area contributed by atoms with Crippen LogP contribution in [0.15, 0.2) is 30.5 Å². The first-order valence-corrected chi connectivity index (χ1v) is 7.02. The number of imidazole rings is 1. The van der Waals surface area contributed by atoms with Crippen molar-refractivity contribution in [3.63, 3.8) is 0 Å². The van der Waals surface area contributed by atoms with E-state index < -0.39 is 17.6 Å². The van der Waals surface area contributed by atoms with Crippen molar-refractivity contribution in [1.29, 1.82) is 0 Å². The Labute approximate surface area is 135 Å². The molecular weight excluding hydrogens is 325 g/mol. The Kier molecular flexibility index (Phi) is 5.22. The third kappa shape index (κ3) is 4.58. The number of aryl methyl sites for hydroxylation is 1. The fourth-order valence-corrected chi connectivity index (χ4v) is 1.90. The number of alkyl halides is 3. The lowest BCUT2D eigenvalue weighted by Gasteiger charge is -2.08. The van der Waals surface area contributed by atoms with Gasteiger partial charge in [-0.05, 0) is 31.2 Å². The zero-order valence-electron chi connectivity index (χ0n) is 12.7. The highest BCUT2D eigenvalue weighted by atomic mass is 19.4. The maximum absolute atomic E-state index is 12.4. The van der Waals surface area contributed by atoms with Crippen molar-refractivity contribution in [2.75, 3.05) is 13.1 Å². The topological polar surface area (TPSA) is 86.9 Å². The van der Waals surface area contributed by atoms with Crippen molar-refractivity contribution >= 4 is 11.8 Å². The van der Waals surface area contributed by atoms with Gasteiger partial charge < -0.3 is 15.6 Å². The maximum atomic E-state index is 12.4. The number of benzene rings is 1. The predicted octanol–water partition coefficient (Wildman–Crippen LogP) is 1.90. The molecule has 0 atom stereocenters. The summed E-state index contributed by atoms with van der Waals surface area (Å²) in [6.07, 6.45) is -3.05. The van der Waals surface area contributed by atoms with Crippen molar-refractivity contribution in [3.8, 4) is 0 Å². The molecule has 0 aliphatic rings. The Balaban J connectivity index is 1.78. The van der Waals surface area contributed by atoms with Crippen molar-refractivity contribution < 1.29 is 22.8 Å². The molecule has 0 spiro atoms. The standard InChI is InChI=1S/C15H15F3N4O2/c1-9-21-8-12(22-9)14(24)20-7-6-19-13(23)10-2-4-11(5-3-10)15(16,17)18/h2-5,8H,6-7H2,1H3,(H,19,23)(H,20,24)(H,21,22). The molecule has 9 heteroatoms. The number of hydrogen-bond acceptors (Lipinski definition) is 3. The minimum Gasteiger partial charge on any atom is -0.350 e. The van der Waals surface area contributed by atoms with Crippen LogP contribution >= 0.6 is 0 Å². The summed E-state index contributed by atoms with van der Waals surface area (Å²) in [6, 6.07) is 3.89. The van der Waals surface area contributed by atoms with Crippen LogP contribution in [0, 0.1) is 6.92 Å². The Hall–Kier alpha value is -2.84. The van der Waals surface area contributed by atoms with Gasteiger partial charge in [-0.25, -0.2) is 4.98 Å². The van der Waals surface area contributed by atoms with Gasteiger partial charge in [0.05, 0.1) is 11.8 Å². The van der Waals surface area contributed by atoms with Gasteiger partial charge in [0.15, 0.2) is 0 Å². The second-order valence-electron chi connectivity index (χ2n) is 4.97. The largest absolute Gasteiger partial charge is 0.416 e. The molecule has 0 saturated heterocycles. The highest BCUT2D eigenvalue weighted by Gasteiger charge is 2.30. The van der Waals surface area contributed by atoms with E-state index >= 15 is 0 Å². The lowest BCUT2D eigenvalue weighted by atomic mass is 10.1. The van der Waals surface area contributed by atoms with E-state index in [1.54, 1.807) is 6.92 Å². The molecule has 0 radical (unpaired) electrons. The Bertz CT molecular complexity index is 723. The summed E-state index contributed by atoms with van der Waals surface area (Å²) >= 11 is 0. The first-order chi connectivity index (χ1) is 11.3. The second-order valence-corrected chi connectivity index (χ2v) is 4.97. The van der Waals surface area contributed by atoms with Crippen LogP contribution in [0.3, 0.4) is 0 Å². The number of nitrogens with one attached hydrogen (secondary N) is 3. The van der Waals surface area contributed by atoms with Crippen molar-refractivity contribution in [1.82, 2.24) is 20.6 Å². The van der Waals surface area contributed by atoms with Crippen LogP contribution in [0.4, 0.5) is 13.2 Å². The van der Waals surface area contributed by atoms with E-state index in [4.69, 9.17) is 0 Å². The molecule has 2 amide bonds. The zero-order valence-corrected chi connectivity index (χ0v) is 12.7. The normalized spacial score (nSPS) is 11.2. The summed E-state index contributed by atoms with van der Waals surface area (Å²) in [5.41, 5.74) is -0.402. The number of hydrogen-bond donors (Lipinski definition) is 3. The third-order valence-electron chi connectivity index (χ3n) is 3.12. The van der Waals surface area contributed by atoms with E-state index in [1.807, 2.05) is 0 Å². The molecule has 2 rings (SSSR count). The molecule has 1 aromatic carbocycles. The maximum Gasteiger partial charge on any atom is 0.416 e. The van der Waals surface area contributed by atoms with Gasteiger partial charge in [-0.3, -0.25) is 9.59 Å². The van der Waals surface area contributed by atoms with E-state index in [1.165, 1.54) is 6.20 Å². The molecule has 2 aromatic rings. The summed E-state index contributed by atoms with van der Waals surface area (Å²) in [5, 5.41) is 5.08. The van der Waals surface area contributed by atoms with E-state index in [9.17, 15) is 22.8 Å². The van der Waals surface area contributed by atoms with Crippen molar-refractivity contribution in [2.45, 2.75) is 13.1 Å². The van der Waals surface area contributed by atoms with E-state index in [-0.39, 0.29) is 24.6 Å². The molecule has 0 unspecified atom stereocenters. The highest BCUT2D eigenvalue weighted by Crippen LogP contribution is 2.28. The van der Waals surface area contributed by atoms with Gasteiger partial charge >= 0.3 is 6.18 Å². The third-order valence-corrected chi connectivity index (χ3v) is 3.12. The monoisotopic (exact) mass is 340 g/mol. The number of carbonyl (C=O) groups is 2. The average molecular weight is 340 g/mol. The second kappa shape index (κ2) is 7.16. The van der Waals surface area contributed by atoms with Crippen LogP contribution in [0.1, 0.15) is 32.2 Å². The van der Waals surface area contributed by atoms with Gasteiger partial charge in [0.1, 0.15) is 11.5 Å². The Morgan fingerprint density at radius 1 is 1.08 bits per heavy atom. The average Bonchev–Trinajstić information content (AvgIpc) is 2.97. The van der Waals surface area contributed by atoms with E-state index in [0.717, 1.165) is 24.3 Å². The zero-order chi connectivity index (χ0) is 17.7. The molecule has 0 fully saturated rings. The molecule has 6 nitrogen and oxygen atoms in total. The Morgan fingerprint density at radius 3 is 2.17 bits per heavy atom. The predicted molar refractivity (Wildman–Crippen MR) is 79.4 cm³/mol. The number of halogens is 3. The molecule has 0 bridgehead atoms. The highest BCUT2D eigenvalue weighted by molar-refractivity contribution is 5.94. The molecule has 128 valence electrons. The van der Waals surface area contributed by atoms with E-state index in [2.05, 4.69) is 20.6 Å². The summed E-state index contributed by atoms with van der Waals surface area (Å²) in [4.78, 5) is 30.2. The molecule has 0 aliphatic carbocycles. The molecule has 1 heterocycles. The fraction of sp³-hybridized carbons (Fsp3) is 0.267. The first kappa shape index (κ1) is 17.5. The van der Waals surface area contributed by atoms with Crippen LogP contribution in [-0.4, -0.2) is 34.9 Å². The van der Waals surface area contributed by atoms with E-state index in [0.29, 0.717) is 11.5 Å². The number of aromatic amines is 1.